The van der Waals surface area contributed by atoms with E-state index in [2.05, 4.69) is 0 Å². The van der Waals surface area contributed by atoms with Crippen molar-refractivity contribution in [3.05, 3.63) is 0 Å². The molecule has 0 unspecified atom stereocenters. The Bertz CT molecular complexity index is 244. The Morgan fingerprint density at radius 2 is 1.92 bits per heavy atom. The fourth-order valence-corrected chi connectivity index (χ4v) is 1.35. The number of nitrogens with one attached hydrogen (secondary N) is 1. The zero-order chi connectivity index (χ0) is 10.7. The minimum absolute atomic E-state index is 0.0891. The molecule has 0 aliphatic rings. The van der Waals surface area contributed by atoms with Crippen LogP contribution in [-0.2, 0) is 10.0 Å². The molecule has 80 valence electrons. The van der Waals surface area contributed by atoms with Crippen molar-refractivity contribution >= 4 is 10.0 Å². The topological polar surface area (TPSA) is 66.4 Å². The molecule has 0 fully saturated rings. The molecule has 0 aromatic rings. The number of sulfonamides is 1. The van der Waals surface area contributed by atoms with Gasteiger partial charge in [0.05, 0.1) is 6.61 Å². The molecule has 13 heavy (non-hydrogen) atoms. The third-order valence-electron chi connectivity index (χ3n) is 1.34. The normalized spacial score (nSPS) is 15.8. The van der Waals surface area contributed by atoms with Gasteiger partial charge in [0.1, 0.15) is 0 Å². The predicted molar refractivity (Wildman–Crippen MR) is 39.3 cm³/mol. The molecule has 0 spiro atoms. The van der Waals surface area contributed by atoms with E-state index in [4.69, 9.17) is 5.11 Å². The van der Waals surface area contributed by atoms with Gasteiger partial charge in [0, 0.05) is 6.04 Å². The van der Waals surface area contributed by atoms with Crippen LogP contribution >= 0.6 is 0 Å². The van der Waals surface area contributed by atoms with E-state index in [1.165, 1.54) is 11.6 Å². The van der Waals surface area contributed by atoms with Crippen molar-refractivity contribution in [2.45, 2.75) is 24.9 Å². The standard InChI is InChI=1S/C5H10F3NO3S/c1-2-4(3-10)9-13(11,12)5(6,7)8/h4,9-10H,2-3H2,1H3/t4-/m0/s1. The van der Waals surface area contributed by atoms with Crippen molar-refractivity contribution in [1.29, 1.82) is 0 Å². The molecule has 0 aliphatic carbocycles. The van der Waals surface area contributed by atoms with E-state index in [-0.39, 0.29) is 6.42 Å². The zero-order valence-corrected chi connectivity index (χ0v) is 7.61. The van der Waals surface area contributed by atoms with Gasteiger partial charge in [-0.2, -0.15) is 13.2 Å². The molecule has 0 saturated carbocycles. The lowest BCUT2D eigenvalue weighted by molar-refractivity contribution is -0.0452. The van der Waals surface area contributed by atoms with E-state index in [0.29, 0.717) is 0 Å². The van der Waals surface area contributed by atoms with E-state index in [1.54, 1.807) is 0 Å². The fourth-order valence-electron chi connectivity index (χ4n) is 0.536. The highest BCUT2D eigenvalue weighted by Gasteiger charge is 2.46. The Balaban J connectivity index is 4.52. The lowest BCUT2D eigenvalue weighted by Gasteiger charge is -2.15. The summed E-state index contributed by atoms with van der Waals surface area (Å²) in [5, 5.41) is 8.46. The van der Waals surface area contributed by atoms with Crippen LogP contribution in [0.25, 0.3) is 0 Å². The van der Waals surface area contributed by atoms with Crippen molar-refractivity contribution in [1.82, 2.24) is 4.72 Å². The first-order valence-electron chi connectivity index (χ1n) is 3.44. The van der Waals surface area contributed by atoms with Crippen molar-refractivity contribution in [3.63, 3.8) is 0 Å². The van der Waals surface area contributed by atoms with Gasteiger partial charge in [0.2, 0.25) is 0 Å². The minimum atomic E-state index is -5.33. The van der Waals surface area contributed by atoms with Crippen LogP contribution in [0.1, 0.15) is 13.3 Å². The van der Waals surface area contributed by atoms with Gasteiger partial charge < -0.3 is 5.11 Å². The Morgan fingerprint density at radius 3 is 2.15 bits per heavy atom. The number of rotatable bonds is 4. The Hall–Kier alpha value is -0.340. The molecule has 8 heteroatoms. The van der Waals surface area contributed by atoms with Gasteiger partial charge in [-0.15, -0.1) is 0 Å². The number of halogens is 3. The van der Waals surface area contributed by atoms with Gasteiger partial charge in [-0.1, -0.05) is 6.92 Å². The highest BCUT2D eigenvalue weighted by Crippen LogP contribution is 2.22. The summed E-state index contributed by atoms with van der Waals surface area (Å²) in [6.45, 7) is 0.797. The number of aliphatic hydroxyl groups is 1. The van der Waals surface area contributed by atoms with Crippen LogP contribution in [0.5, 0.6) is 0 Å². The van der Waals surface area contributed by atoms with Crippen molar-refractivity contribution in [2.75, 3.05) is 6.61 Å². The van der Waals surface area contributed by atoms with Gasteiger partial charge >= 0.3 is 15.5 Å². The van der Waals surface area contributed by atoms with E-state index >= 15 is 0 Å². The number of aliphatic hydroxyl groups excluding tert-OH is 1. The average molecular weight is 221 g/mol. The first-order chi connectivity index (χ1) is 5.74. The molecule has 4 nitrogen and oxygen atoms in total. The Morgan fingerprint density at radius 1 is 1.46 bits per heavy atom. The van der Waals surface area contributed by atoms with Crippen molar-refractivity contribution < 1.29 is 26.7 Å². The molecule has 1 atom stereocenters. The maximum atomic E-state index is 11.7. The van der Waals surface area contributed by atoms with Crippen LogP contribution in [0.2, 0.25) is 0 Å². The largest absolute Gasteiger partial charge is 0.511 e. The zero-order valence-electron chi connectivity index (χ0n) is 6.80. The number of hydrogen-bond donors (Lipinski definition) is 2. The summed E-state index contributed by atoms with van der Waals surface area (Å²) in [4.78, 5) is 0. The summed E-state index contributed by atoms with van der Waals surface area (Å²) in [6.07, 6.45) is 0.0891. The first-order valence-corrected chi connectivity index (χ1v) is 4.92. The van der Waals surface area contributed by atoms with Crippen LogP contribution in [0.3, 0.4) is 0 Å². The third kappa shape index (κ3) is 3.49. The second-order valence-electron chi connectivity index (χ2n) is 2.35. The summed E-state index contributed by atoms with van der Waals surface area (Å²) in [5.41, 5.74) is -5.32. The van der Waals surface area contributed by atoms with Gasteiger partial charge in [0.15, 0.2) is 0 Å². The first kappa shape index (κ1) is 12.7. The molecule has 2 N–H and O–H groups in total. The molecule has 0 radical (unpaired) electrons. The van der Waals surface area contributed by atoms with Crippen molar-refractivity contribution in [2.24, 2.45) is 0 Å². The number of alkyl halides is 3. The highest BCUT2D eigenvalue weighted by atomic mass is 32.2. The van der Waals surface area contributed by atoms with Gasteiger partial charge in [0.25, 0.3) is 0 Å². The summed E-state index contributed by atoms with van der Waals surface area (Å²) < 4.78 is 57.4. The SMILES string of the molecule is CC[C@@H](CO)NS(=O)(=O)C(F)(F)F. The summed E-state index contributed by atoms with van der Waals surface area (Å²) >= 11 is 0. The van der Waals surface area contributed by atoms with Crippen LogP contribution in [0, 0.1) is 0 Å². The Kier molecular flexibility index (Phi) is 4.14. The molecule has 0 amide bonds. The van der Waals surface area contributed by atoms with E-state index in [9.17, 15) is 21.6 Å². The maximum Gasteiger partial charge on any atom is 0.511 e. The monoisotopic (exact) mass is 221 g/mol. The molecule has 0 heterocycles. The highest BCUT2D eigenvalue weighted by molar-refractivity contribution is 7.90. The molecule has 0 aliphatic heterocycles. The molecule has 0 aromatic carbocycles. The Labute approximate surface area is 73.8 Å². The smallest absolute Gasteiger partial charge is 0.395 e. The molecule has 0 rings (SSSR count). The molecular formula is C5H10F3NO3S. The quantitative estimate of drug-likeness (QED) is 0.712. The summed E-state index contributed by atoms with van der Waals surface area (Å²) in [5.74, 6) is 0. The molecule has 0 aromatic heterocycles. The molecule has 0 bridgehead atoms. The number of hydrogen-bond acceptors (Lipinski definition) is 3. The second-order valence-corrected chi connectivity index (χ2v) is 4.06. The van der Waals surface area contributed by atoms with E-state index < -0.39 is 28.2 Å². The van der Waals surface area contributed by atoms with Gasteiger partial charge in [-0.05, 0) is 6.42 Å². The van der Waals surface area contributed by atoms with Crippen molar-refractivity contribution in [3.8, 4) is 0 Å². The van der Waals surface area contributed by atoms with Gasteiger partial charge in [-0.25, -0.2) is 13.1 Å². The lowest BCUT2D eigenvalue weighted by Crippen LogP contribution is -2.43. The summed E-state index contributed by atoms with van der Waals surface area (Å²) in [7, 11) is -5.33. The van der Waals surface area contributed by atoms with Crippen LogP contribution in [-0.4, -0.2) is 31.7 Å². The minimum Gasteiger partial charge on any atom is -0.395 e. The third-order valence-corrected chi connectivity index (χ3v) is 2.59. The predicted octanol–water partition coefficient (Wildman–Crippen LogP) is 0.197. The molecule has 0 saturated heterocycles. The summed E-state index contributed by atoms with van der Waals surface area (Å²) in [6, 6.07) is -1.09. The fraction of sp³-hybridized carbons (Fsp3) is 1.00. The second kappa shape index (κ2) is 4.25. The van der Waals surface area contributed by atoms with Crippen LogP contribution < -0.4 is 4.72 Å². The van der Waals surface area contributed by atoms with E-state index in [1.807, 2.05) is 0 Å². The maximum absolute atomic E-state index is 11.7. The van der Waals surface area contributed by atoms with Gasteiger partial charge in [-0.3, -0.25) is 0 Å². The van der Waals surface area contributed by atoms with Crippen LogP contribution in [0.4, 0.5) is 13.2 Å². The van der Waals surface area contributed by atoms with Crippen LogP contribution in [0.15, 0.2) is 0 Å². The van der Waals surface area contributed by atoms with E-state index in [0.717, 1.165) is 0 Å². The molecular weight excluding hydrogens is 211 g/mol. The lowest BCUT2D eigenvalue weighted by atomic mass is 10.3. The average Bonchev–Trinajstić information content (AvgIpc) is 1.98.